The third kappa shape index (κ3) is 4.90. The van der Waals surface area contributed by atoms with Crippen molar-refractivity contribution in [2.45, 2.75) is 13.5 Å². The van der Waals surface area contributed by atoms with Crippen molar-refractivity contribution >= 4 is 49.9 Å². The van der Waals surface area contributed by atoms with E-state index in [-0.39, 0.29) is 5.70 Å². The normalized spacial score (nSPS) is 14.9. The van der Waals surface area contributed by atoms with Crippen molar-refractivity contribution in [3.8, 4) is 11.5 Å². The first kappa shape index (κ1) is 19.4. The highest BCUT2D eigenvalue weighted by Gasteiger charge is 2.23. The molecule has 8 heteroatoms. The zero-order valence-corrected chi connectivity index (χ0v) is 17.5. The van der Waals surface area contributed by atoms with Gasteiger partial charge in [0.05, 0.1) is 11.1 Å². The molecule has 0 aromatic heterocycles. The van der Waals surface area contributed by atoms with E-state index in [1.54, 1.807) is 18.2 Å². The van der Waals surface area contributed by atoms with Gasteiger partial charge in [-0.2, -0.15) is 0 Å². The summed E-state index contributed by atoms with van der Waals surface area (Å²) in [5, 5.41) is 4.63. The summed E-state index contributed by atoms with van der Waals surface area (Å²) in [4.78, 5) is 22.9. The number of rotatable bonds is 6. The van der Waals surface area contributed by atoms with E-state index in [1.165, 1.54) is 0 Å². The summed E-state index contributed by atoms with van der Waals surface area (Å²) < 4.78 is 13.3. The number of imide groups is 1. The molecule has 0 saturated carbocycles. The van der Waals surface area contributed by atoms with E-state index < -0.39 is 11.9 Å². The van der Waals surface area contributed by atoms with Crippen molar-refractivity contribution < 1.29 is 19.1 Å². The number of ether oxygens (including phenoxy) is 2. The molecule has 0 bridgehead atoms. The SMILES string of the molecule is CCOc1cc(/C=C2/NC(=O)NC2=O)cc(Br)c1OCc1ccc(Br)cc1. The van der Waals surface area contributed by atoms with Gasteiger partial charge in [0.25, 0.3) is 5.91 Å². The second-order valence-electron chi connectivity index (χ2n) is 5.64. The zero-order valence-electron chi connectivity index (χ0n) is 14.3. The molecule has 0 aliphatic carbocycles. The Labute approximate surface area is 173 Å². The van der Waals surface area contributed by atoms with Crippen LogP contribution in [-0.4, -0.2) is 18.5 Å². The van der Waals surface area contributed by atoms with Crippen molar-refractivity contribution in [1.82, 2.24) is 10.6 Å². The molecule has 1 aliphatic rings. The minimum atomic E-state index is -0.537. The number of halogens is 2. The summed E-state index contributed by atoms with van der Waals surface area (Å²) in [5.41, 5.74) is 1.88. The van der Waals surface area contributed by atoms with Gasteiger partial charge in [0.15, 0.2) is 11.5 Å². The Balaban J connectivity index is 1.85. The summed E-state index contributed by atoms with van der Waals surface area (Å²) in [6.45, 7) is 2.71. The van der Waals surface area contributed by atoms with Crippen LogP contribution in [0.3, 0.4) is 0 Å². The van der Waals surface area contributed by atoms with E-state index in [4.69, 9.17) is 9.47 Å². The number of urea groups is 1. The number of amides is 3. The number of hydrogen-bond donors (Lipinski definition) is 2. The predicted molar refractivity (Wildman–Crippen MR) is 108 cm³/mol. The number of benzene rings is 2. The van der Waals surface area contributed by atoms with Gasteiger partial charge in [-0.1, -0.05) is 28.1 Å². The van der Waals surface area contributed by atoms with Gasteiger partial charge in [-0.05, 0) is 64.3 Å². The molecule has 1 saturated heterocycles. The van der Waals surface area contributed by atoms with E-state index in [9.17, 15) is 9.59 Å². The summed E-state index contributed by atoms with van der Waals surface area (Å²) >= 11 is 6.91. The average Bonchev–Trinajstić information content (AvgIpc) is 2.93. The lowest BCUT2D eigenvalue weighted by atomic mass is 10.1. The summed E-state index contributed by atoms with van der Waals surface area (Å²) in [6.07, 6.45) is 1.58. The van der Waals surface area contributed by atoms with Gasteiger partial charge in [-0.3, -0.25) is 10.1 Å². The van der Waals surface area contributed by atoms with E-state index in [0.29, 0.717) is 34.7 Å². The van der Waals surface area contributed by atoms with Gasteiger partial charge in [-0.25, -0.2) is 4.79 Å². The molecular formula is C19H16Br2N2O4. The highest BCUT2D eigenvalue weighted by atomic mass is 79.9. The van der Waals surface area contributed by atoms with Gasteiger partial charge in [0, 0.05) is 4.47 Å². The molecule has 1 fully saturated rings. The largest absolute Gasteiger partial charge is 0.490 e. The van der Waals surface area contributed by atoms with Gasteiger partial charge < -0.3 is 14.8 Å². The minimum Gasteiger partial charge on any atom is -0.490 e. The maximum Gasteiger partial charge on any atom is 0.326 e. The molecule has 0 unspecified atom stereocenters. The van der Waals surface area contributed by atoms with Crippen LogP contribution in [0.5, 0.6) is 11.5 Å². The highest BCUT2D eigenvalue weighted by molar-refractivity contribution is 9.10. The van der Waals surface area contributed by atoms with Crippen molar-refractivity contribution in [1.29, 1.82) is 0 Å². The molecule has 2 N–H and O–H groups in total. The maximum absolute atomic E-state index is 11.7. The van der Waals surface area contributed by atoms with Crippen molar-refractivity contribution in [2.75, 3.05) is 6.61 Å². The Hall–Kier alpha value is -2.32. The van der Waals surface area contributed by atoms with Crippen molar-refractivity contribution in [3.05, 3.63) is 62.2 Å². The number of nitrogens with one attached hydrogen (secondary N) is 2. The van der Waals surface area contributed by atoms with Crippen molar-refractivity contribution in [3.63, 3.8) is 0 Å². The minimum absolute atomic E-state index is 0.179. The van der Waals surface area contributed by atoms with E-state index in [2.05, 4.69) is 42.5 Å². The summed E-state index contributed by atoms with van der Waals surface area (Å²) in [5.74, 6) is 0.645. The quantitative estimate of drug-likeness (QED) is 0.461. The lowest BCUT2D eigenvalue weighted by molar-refractivity contribution is -0.115. The van der Waals surface area contributed by atoms with Crippen LogP contribution < -0.4 is 20.1 Å². The van der Waals surface area contributed by atoms with Crippen LogP contribution in [0, 0.1) is 0 Å². The highest BCUT2D eigenvalue weighted by Crippen LogP contribution is 2.38. The fourth-order valence-corrected chi connectivity index (χ4v) is 3.30. The van der Waals surface area contributed by atoms with Gasteiger partial charge in [0.1, 0.15) is 12.3 Å². The predicted octanol–water partition coefficient (Wildman–Crippen LogP) is 4.37. The van der Waals surface area contributed by atoms with Gasteiger partial charge in [-0.15, -0.1) is 0 Å². The summed E-state index contributed by atoms with van der Waals surface area (Å²) in [7, 11) is 0. The molecule has 3 amide bonds. The Morgan fingerprint density at radius 3 is 2.41 bits per heavy atom. The van der Waals surface area contributed by atoms with E-state index in [1.807, 2.05) is 31.2 Å². The molecule has 2 aromatic rings. The van der Waals surface area contributed by atoms with Gasteiger partial charge in [0.2, 0.25) is 0 Å². The first-order valence-electron chi connectivity index (χ1n) is 8.14. The third-order valence-electron chi connectivity index (χ3n) is 3.66. The number of hydrogen-bond acceptors (Lipinski definition) is 4. The van der Waals surface area contributed by atoms with E-state index >= 15 is 0 Å². The molecule has 1 heterocycles. The molecule has 0 spiro atoms. The lowest BCUT2D eigenvalue weighted by Crippen LogP contribution is -2.22. The van der Waals surface area contributed by atoms with Crippen LogP contribution >= 0.6 is 31.9 Å². The molecule has 2 aromatic carbocycles. The second kappa shape index (κ2) is 8.58. The lowest BCUT2D eigenvalue weighted by Gasteiger charge is -2.15. The molecule has 6 nitrogen and oxygen atoms in total. The molecule has 3 rings (SSSR count). The standard InChI is InChI=1S/C19H16Br2N2O4/c1-2-26-16-9-12(8-15-18(24)23-19(25)22-15)7-14(21)17(16)27-10-11-3-5-13(20)6-4-11/h3-9H,2,10H2,1H3,(H2,22,23,24,25)/b15-8+. The topological polar surface area (TPSA) is 76.7 Å². The van der Waals surface area contributed by atoms with Crippen LogP contribution in [0.25, 0.3) is 6.08 Å². The van der Waals surface area contributed by atoms with Crippen LogP contribution in [0.4, 0.5) is 4.79 Å². The Kier molecular flexibility index (Phi) is 6.18. The number of carbonyl (C=O) groups is 2. The number of carbonyl (C=O) groups excluding carboxylic acids is 2. The fraction of sp³-hybridized carbons (Fsp3) is 0.158. The van der Waals surface area contributed by atoms with Crippen LogP contribution in [-0.2, 0) is 11.4 Å². The Morgan fingerprint density at radius 1 is 1.04 bits per heavy atom. The molecule has 0 radical (unpaired) electrons. The third-order valence-corrected chi connectivity index (χ3v) is 4.78. The molecular weight excluding hydrogens is 480 g/mol. The maximum atomic E-state index is 11.7. The smallest absolute Gasteiger partial charge is 0.326 e. The second-order valence-corrected chi connectivity index (χ2v) is 7.41. The van der Waals surface area contributed by atoms with Crippen LogP contribution in [0.15, 0.2) is 51.0 Å². The average molecular weight is 496 g/mol. The first-order chi connectivity index (χ1) is 13.0. The fourth-order valence-electron chi connectivity index (χ4n) is 2.46. The Bertz CT molecular complexity index is 911. The van der Waals surface area contributed by atoms with Gasteiger partial charge >= 0.3 is 6.03 Å². The summed E-state index contributed by atoms with van der Waals surface area (Å²) in [6, 6.07) is 10.9. The van der Waals surface area contributed by atoms with E-state index in [0.717, 1.165) is 10.0 Å². The molecule has 140 valence electrons. The van der Waals surface area contributed by atoms with Crippen molar-refractivity contribution in [2.24, 2.45) is 0 Å². The zero-order chi connectivity index (χ0) is 19.4. The van der Waals surface area contributed by atoms with Crippen LogP contribution in [0.1, 0.15) is 18.1 Å². The molecule has 0 atom stereocenters. The first-order valence-corrected chi connectivity index (χ1v) is 9.72. The molecule has 27 heavy (non-hydrogen) atoms. The molecule has 1 aliphatic heterocycles. The van der Waals surface area contributed by atoms with Crippen LogP contribution in [0.2, 0.25) is 0 Å². The monoisotopic (exact) mass is 494 g/mol. The Morgan fingerprint density at radius 2 is 1.78 bits per heavy atom.